The summed E-state index contributed by atoms with van der Waals surface area (Å²) in [4.78, 5) is 17.1. The smallest absolute Gasteiger partial charge is 0.262 e. The number of hydrogen-bond acceptors (Lipinski definition) is 3. The summed E-state index contributed by atoms with van der Waals surface area (Å²) in [6, 6.07) is 7.77. The van der Waals surface area contributed by atoms with Gasteiger partial charge in [-0.05, 0) is 25.0 Å². The Hall–Kier alpha value is -1.26. The van der Waals surface area contributed by atoms with Crippen molar-refractivity contribution in [1.29, 1.82) is 0 Å². The fourth-order valence-electron chi connectivity index (χ4n) is 2.02. The first-order valence-electron chi connectivity index (χ1n) is 6.14. The molecule has 0 bridgehead atoms. The van der Waals surface area contributed by atoms with Crippen molar-refractivity contribution in [2.24, 2.45) is 0 Å². The number of benzene rings is 1. The number of para-hydroxylation sites is 1. The molecule has 1 saturated carbocycles. The fraction of sp³-hybridized carbons (Fsp3) is 0.286. The van der Waals surface area contributed by atoms with Crippen LogP contribution in [0.15, 0.2) is 45.8 Å². The van der Waals surface area contributed by atoms with E-state index in [1.807, 2.05) is 28.8 Å². The van der Waals surface area contributed by atoms with Gasteiger partial charge in [-0.2, -0.15) is 0 Å². The van der Waals surface area contributed by atoms with Gasteiger partial charge in [0.1, 0.15) is 0 Å². The predicted octanol–water partition coefficient (Wildman–Crippen LogP) is 3.58. The van der Waals surface area contributed by atoms with Crippen molar-refractivity contribution in [3.8, 4) is 0 Å². The van der Waals surface area contributed by atoms with E-state index in [2.05, 4.69) is 11.6 Å². The molecule has 1 aliphatic carbocycles. The Morgan fingerprint density at radius 2 is 2.21 bits per heavy atom. The molecule has 0 spiro atoms. The Balaban J connectivity index is 2.15. The minimum Gasteiger partial charge on any atom is -0.284 e. The largest absolute Gasteiger partial charge is 0.284 e. The molecule has 2 aromatic rings. The number of rotatable bonds is 4. The van der Waals surface area contributed by atoms with Crippen LogP contribution in [-0.2, 0) is 0 Å². The van der Waals surface area contributed by atoms with Gasteiger partial charge in [-0.3, -0.25) is 9.36 Å². The molecule has 3 rings (SSSR count). The number of nitrogens with zero attached hydrogens (tertiary/aromatic N) is 2. The van der Waals surface area contributed by atoms with Gasteiger partial charge in [-0.25, -0.2) is 4.98 Å². The van der Waals surface area contributed by atoms with Crippen molar-refractivity contribution < 1.29 is 0 Å². The molecule has 98 valence electrons. The average Bonchev–Trinajstić information content (AvgIpc) is 3.21. The molecule has 0 unspecified atom stereocenters. The van der Waals surface area contributed by atoms with Gasteiger partial charge in [-0.1, -0.05) is 42.1 Å². The van der Waals surface area contributed by atoms with E-state index >= 15 is 0 Å². The summed E-state index contributed by atoms with van der Waals surface area (Å²) in [5.74, 6) is 0.569. The Kier molecular flexibility index (Phi) is 3.37. The fourth-order valence-corrected chi connectivity index (χ4v) is 3.01. The highest BCUT2D eigenvalue weighted by atomic mass is 35.5. The SMILES string of the molecule is C=C(Cl)CSc1nc2ccccc2c(=O)n1C1CC1. The van der Waals surface area contributed by atoms with E-state index in [0.29, 0.717) is 22.2 Å². The summed E-state index contributed by atoms with van der Waals surface area (Å²) in [5.41, 5.74) is 0.794. The van der Waals surface area contributed by atoms with Crippen LogP contribution in [0.4, 0.5) is 0 Å². The quantitative estimate of drug-likeness (QED) is 0.638. The number of halogens is 1. The summed E-state index contributed by atoms with van der Waals surface area (Å²) in [6.07, 6.45) is 2.10. The topological polar surface area (TPSA) is 34.9 Å². The van der Waals surface area contributed by atoms with Crippen molar-refractivity contribution in [1.82, 2.24) is 9.55 Å². The minimum absolute atomic E-state index is 0.0517. The van der Waals surface area contributed by atoms with Gasteiger partial charge in [0.25, 0.3) is 5.56 Å². The van der Waals surface area contributed by atoms with Crippen molar-refractivity contribution in [3.63, 3.8) is 0 Å². The first kappa shape index (κ1) is 12.8. The molecular formula is C14H13ClN2OS. The normalized spacial score (nSPS) is 14.8. The highest BCUT2D eigenvalue weighted by molar-refractivity contribution is 7.99. The van der Waals surface area contributed by atoms with Gasteiger partial charge < -0.3 is 0 Å². The Labute approximate surface area is 120 Å². The molecule has 0 atom stereocenters. The van der Waals surface area contributed by atoms with Gasteiger partial charge in [0.05, 0.1) is 10.9 Å². The van der Waals surface area contributed by atoms with E-state index in [1.54, 1.807) is 0 Å². The van der Waals surface area contributed by atoms with Crippen LogP contribution < -0.4 is 5.56 Å². The molecule has 3 nitrogen and oxygen atoms in total. The minimum atomic E-state index is 0.0517. The maximum absolute atomic E-state index is 12.5. The molecule has 1 aliphatic rings. The lowest BCUT2D eigenvalue weighted by Crippen LogP contribution is -2.22. The van der Waals surface area contributed by atoms with Gasteiger partial charge in [0.15, 0.2) is 5.16 Å². The summed E-state index contributed by atoms with van der Waals surface area (Å²) in [5, 5.41) is 1.99. The van der Waals surface area contributed by atoms with Gasteiger partial charge in [0, 0.05) is 16.8 Å². The van der Waals surface area contributed by atoms with Crippen molar-refractivity contribution in [2.45, 2.75) is 24.0 Å². The zero-order valence-electron chi connectivity index (χ0n) is 10.3. The number of thioether (sulfide) groups is 1. The predicted molar refractivity (Wildman–Crippen MR) is 80.0 cm³/mol. The average molecular weight is 293 g/mol. The molecule has 5 heteroatoms. The van der Waals surface area contributed by atoms with Gasteiger partial charge >= 0.3 is 0 Å². The third kappa shape index (κ3) is 2.55. The lowest BCUT2D eigenvalue weighted by molar-refractivity contribution is 0.618. The Morgan fingerprint density at radius 1 is 1.47 bits per heavy atom. The molecule has 0 aliphatic heterocycles. The molecular weight excluding hydrogens is 280 g/mol. The van der Waals surface area contributed by atoms with Crippen LogP contribution >= 0.6 is 23.4 Å². The summed E-state index contributed by atoms with van der Waals surface area (Å²) in [7, 11) is 0. The summed E-state index contributed by atoms with van der Waals surface area (Å²) >= 11 is 7.28. The van der Waals surface area contributed by atoms with Crippen LogP contribution in [0, 0.1) is 0 Å². The Morgan fingerprint density at radius 3 is 2.89 bits per heavy atom. The van der Waals surface area contributed by atoms with Crippen LogP contribution in [-0.4, -0.2) is 15.3 Å². The summed E-state index contributed by atoms with van der Waals surface area (Å²) < 4.78 is 1.81. The lowest BCUT2D eigenvalue weighted by Gasteiger charge is -2.11. The van der Waals surface area contributed by atoms with E-state index in [4.69, 9.17) is 11.6 Å². The second kappa shape index (κ2) is 5.02. The zero-order valence-corrected chi connectivity index (χ0v) is 11.9. The molecule has 0 amide bonds. The third-order valence-corrected chi connectivity index (χ3v) is 4.38. The molecule has 1 aromatic heterocycles. The summed E-state index contributed by atoms with van der Waals surface area (Å²) in [6.45, 7) is 3.67. The molecule has 0 radical (unpaired) electrons. The molecule has 0 saturated heterocycles. The molecule has 0 N–H and O–H groups in total. The van der Waals surface area contributed by atoms with E-state index in [0.717, 1.165) is 23.5 Å². The van der Waals surface area contributed by atoms with E-state index in [-0.39, 0.29) is 5.56 Å². The number of fused-ring (bicyclic) bond motifs is 1. The number of aromatic nitrogens is 2. The van der Waals surface area contributed by atoms with Gasteiger partial charge in [0.2, 0.25) is 0 Å². The number of hydrogen-bond donors (Lipinski definition) is 0. The van der Waals surface area contributed by atoms with Gasteiger partial charge in [-0.15, -0.1) is 0 Å². The first-order chi connectivity index (χ1) is 9.16. The lowest BCUT2D eigenvalue weighted by atomic mass is 10.2. The molecule has 1 heterocycles. The third-order valence-electron chi connectivity index (χ3n) is 3.05. The Bertz CT molecular complexity index is 706. The first-order valence-corrected chi connectivity index (χ1v) is 7.50. The van der Waals surface area contributed by atoms with Crippen LogP contribution in [0.25, 0.3) is 10.9 Å². The zero-order chi connectivity index (χ0) is 13.4. The van der Waals surface area contributed by atoms with Crippen LogP contribution in [0.5, 0.6) is 0 Å². The molecule has 1 fully saturated rings. The highest BCUT2D eigenvalue weighted by Crippen LogP contribution is 2.37. The molecule has 19 heavy (non-hydrogen) atoms. The van der Waals surface area contributed by atoms with Crippen LogP contribution in [0.1, 0.15) is 18.9 Å². The van der Waals surface area contributed by atoms with Crippen LogP contribution in [0.2, 0.25) is 0 Å². The van der Waals surface area contributed by atoms with Crippen LogP contribution in [0.3, 0.4) is 0 Å². The van der Waals surface area contributed by atoms with E-state index in [1.165, 1.54) is 11.8 Å². The molecule has 1 aromatic carbocycles. The second-order valence-corrected chi connectivity index (χ2v) is 6.10. The van der Waals surface area contributed by atoms with Crippen molar-refractivity contribution in [2.75, 3.05) is 5.75 Å². The highest BCUT2D eigenvalue weighted by Gasteiger charge is 2.28. The van der Waals surface area contributed by atoms with E-state index in [9.17, 15) is 4.79 Å². The van der Waals surface area contributed by atoms with Crippen molar-refractivity contribution >= 4 is 34.3 Å². The standard InChI is InChI=1S/C14H13ClN2OS/c1-9(15)8-19-14-16-12-5-3-2-4-11(12)13(18)17(14)10-6-7-10/h2-5,10H,1,6-8H2. The second-order valence-electron chi connectivity index (χ2n) is 4.62. The van der Waals surface area contributed by atoms with E-state index < -0.39 is 0 Å². The monoisotopic (exact) mass is 292 g/mol. The maximum atomic E-state index is 12.5. The van der Waals surface area contributed by atoms with Crippen molar-refractivity contribution in [3.05, 3.63) is 46.2 Å². The maximum Gasteiger partial charge on any atom is 0.262 e.